The molecule has 1 saturated carbocycles. The number of carboxylic acid groups (broad SMARTS) is 1. The molecular weight excluding hydrogens is 320 g/mol. The first kappa shape index (κ1) is 14.9. The molecule has 106 valence electrons. The molecule has 0 aromatic heterocycles. The van der Waals surface area contributed by atoms with Gasteiger partial charge in [-0.2, -0.15) is 5.26 Å². The molecule has 0 saturated heterocycles. The highest BCUT2D eigenvalue weighted by Crippen LogP contribution is 2.29. The van der Waals surface area contributed by atoms with E-state index in [-0.39, 0.29) is 5.92 Å². The monoisotopic (exact) mass is 336 g/mol. The molecule has 1 aliphatic rings. The molecule has 0 spiro atoms. The van der Waals surface area contributed by atoms with E-state index in [4.69, 9.17) is 10.4 Å². The Hall–Kier alpha value is -1.54. The van der Waals surface area contributed by atoms with Crippen molar-refractivity contribution >= 4 is 27.6 Å². The van der Waals surface area contributed by atoms with Gasteiger partial charge < -0.3 is 10.4 Å². The number of nitriles is 1. The van der Waals surface area contributed by atoms with E-state index < -0.39 is 5.97 Å². The van der Waals surface area contributed by atoms with E-state index in [2.05, 4.69) is 27.3 Å². The lowest BCUT2D eigenvalue weighted by atomic mass is 9.82. The molecule has 0 amide bonds. The predicted octanol–water partition coefficient (Wildman–Crippen LogP) is 3.62. The summed E-state index contributed by atoms with van der Waals surface area (Å²) in [4.78, 5) is 10.9. The fraction of sp³-hybridized carbons (Fsp3) is 0.467. The molecule has 2 N–H and O–H groups in total. The van der Waals surface area contributed by atoms with Crippen LogP contribution >= 0.6 is 15.9 Å². The molecule has 0 unspecified atom stereocenters. The SMILES string of the molecule is N#Cc1ccc(Br)cc1NCC1CCC(C(=O)O)CC1. The number of halogens is 1. The molecule has 4 nitrogen and oxygen atoms in total. The molecule has 2 rings (SSSR count). The highest BCUT2D eigenvalue weighted by Gasteiger charge is 2.25. The zero-order valence-corrected chi connectivity index (χ0v) is 12.7. The van der Waals surface area contributed by atoms with Gasteiger partial charge in [0.15, 0.2) is 0 Å². The summed E-state index contributed by atoms with van der Waals surface area (Å²) in [5.74, 6) is -0.363. The van der Waals surface area contributed by atoms with Gasteiger partial charge in [0.25, 0.3) is 0 Å². The summed E-state index contributed by atoms with van der Waals surface area (Å²) >= 11 is 3.40. The van der Waals surface area contributed by atoms with Crippen molar-refractivity contribution in [3.63, 3.8) is 0 Å². The highest BCUT2D eigenvalue weighted by molar-refractivity contribution is 9.10. The first-order valence-electron chi connectivity index (χ1n) is 6.76. The second-order valence-electron chi connectivity index (χ2n) is 5.24. The van der Waals surface area contributed by atoms with Crippen molar-refractivity contribution in [1.29, 1.82) is 5.26 Å². The van der Waals surface area contributed by atoms with Crippen LogP contribution in [0.15, 0.2) is 22.7 Å². The number of nitrogens with zero attached hydrogens (tertiary/aromatic N) is 1. The van der Waals surface area contributed by atoms with Crippen molar-refractivity contribution in [3.05, 3.63) is 28.2 Å². The van der Waals surface area contributed by atoms with E-state index in [9.17, 15) is 4.79 Å². The molecule has 1 fully saturated rings. The van der Waals surface area contributed by atoms with Crippen LogP contribution in [-0.2, 0) is 4.79 Å². The van der Waals surface area contributed by atoms with Gasteiger partial charge in [-0.3, -0.25) is 4.79 Å². The standard InChI is InChI=1S/C15H17BrN2O2/c16-13-6-5-12(8-17)14(7-13)18-9-10-1-3-11(4-2-10)15(19)20/h5-7,10-11,18H,1-4,9H2,(H,19,20). The van der Waals surface area contributed by atoms with E-state index in [1.54, 1.807) is 6.07 Å². The molecule has 20 heavy (non-hydrogen) atoms. The Morgan fingerprint density at radius 2 is 2.10 bits per heavy atom. The Bertz CT molecular complexity index is 531. The second-order valence-corrected chi connectivity index (χ2v) is 6.15. The largest absolute Gasteiger partial charge is 0.481 e. The average Bonchev–Trinajstić information content (AvgIpc) is 2.45. The van der Waals surface area contributed by atoms with Gasteiger partial charge >= 0.3 is 5.97 Å². The minimum Gasteiger partial charge on any atom is -0.481 e. The van der Waals surface area contributed by atoms with Crippen LogP contribution in [0, 0.1) is 23.2 Å². The lowest BCUT2D eigenvalue weighted by Gasteiger charge is -2.26. The van der Waals surface area contributed by atoms with Gasteiger partial charge in [0.2, 0.25) is 0 Å². The summed E-state index contributed by atoms with van der Waals surface area (Å²) in [5.41, 5.74) is 1.47. The number of hydrogen-bond acceptors (Lipinski definition) is 3. The first-order valence-corrected chi connectivity index (χ1v) is 7.55. The van der Waals surface area contributed by atoms with Gasteiger partial charge in [0.1, 0.15) is 6.07 Å². The Morgan fingerprint density at radius 1 is 1.40 bits per heavy atom. The van der Waals surface area contributed by atoms with Crippen molar-refractivity contribution in [1.82, 2.24) is 0 Å². The van der Waals surface area contributed by atoms with E-state index in [0.29, 0.717) is 11.5 Å². The zero-order valence-electron chi connectivity index (χ0n) is 11.1. The lowest BCUT2D eigenvalue weighted by Crippen LogP contribution is -2.25. The van der Waals surface area contributed by atoms with Crippen LogP contribution in [0.25, 0.3) is 0 Å². The molecule has 1 aromatic rings. The fourth-order valence-electron chi connectivity index (χ4n) is 2.63. The third-order valence-corrected chi connectivity index (χ3v) is 4.37. The topological polar surface area (TPSA) is 73.1 Å². The molecule has 0 heterocycles. The molecule has 0 bridgehead atoms. The maximum atomic E-state index is 10.9. The molecule has 5 heteroatoms. The second kappa shape index (κ2) is 6.76. The van der Waals surface area contributed by atoms with Gasteiger partial charge in [-0.15, -0.1) is 0 Å². The maximum Gasteiger partial charge on any atom is 0.306 e. The molecule has 0 radical (unpaired) electrons. The van der Waals surface area contributed by atoms with Gasteiger partial charge in [-0.05, 0) is 49.8 Å². The van der Waals surface area contributed by atoms with Gasteiger partial charge in [0.05, 0.1) is 17.2 Å². The Kier molecular flexibility index (Phi) is 5.02. The Labute approximate surface area is 126 Å². The van der Waals surface area contributed by atoms with Gasteiger partial charge in [0, 0.05) is 11.0 Å². The number of carboxylic acids is 1. The quantitative estimate of drug-likeness (QED) is 0.880. The van der Waals surface area contributed by atoms with Crippen molar-refractivity contribution in [2.24, 2.45) is 11.8 Å². The number of hydrogen-bond donors (Lipinski definition) is 2. The van der Waals surface area contributed by atoms with E-state index in [0.717, 1.165) is 42.4 Å². The molecule has 0 aliphatic heterocycles. The Balaban J connectivity index is 1.89. The summed E-state index contributed by atoms with van der Waals surface area (Å²) in [6.07, 6.45) is 3.37. The van der Waals surface area contributed by atoms with Crippen LogP contribution in [0.4, 0.5) is 5.69 Å². The van der Waals surface area contributed by atoms with Gasteiger partial charge in [-0.1, -0.05) is 15.9 Å². The first-order chi connectivity index (χ1) is 9.60. The molecular formula is C15H17BrN2O2. The third-order valence-electron chi connectivity index (χ3n) is 3.88. The highest BCUT2D eigenvalue weighted by atomic mass is 79.9. The van der Waals surface area contributed by atoms with Crippen LogP contribution in [0.1, 0.15) is 31.2 Å². The smallest absolute Gasteiger partial charge is 0.306 e. The average molecular weight is 337 g/mol. The van der Waals surface area contributed by atoms with Crippen molar-refractivity contribution < 1.29 is 9.90 Å². The fourth-order valence-corrected chi connectivity index (χ4v) is 2.99. The summed E-state index contributed by atoms with van der Waals surface area (Å²) in [6, 6.07) is 7.71. The number of nitrogens with one attached hydrogen (secondary N) is 1. The van der Waals surface area contributed by atoms with Crippen LogP contribution in [-0.4, -0.2) is 17.6 Å². The van der Waals surface area contributed by atoms with Crippen molar-refractivity contribution in [2.45, 2.75) is 25.7 Å². The molecule has 1 aliphatic carbocycles. The number of aliphatic carboxylic acids is 1. The van der Waals surface area contributed by atoms with Gasteiger partial charge in [-0.25, -0.2) is 0 Å². The number of carbonyl (C=O) groups is 1. The summed E-state index contributed by atoms with van der Waals surface area (Å²) < 4.78 is 0.939. The zero-order chi connectivity index (χ0) is 14.5. The normalized spacial score (nSPS) is 22.0. The van der Waals surface area contributed by atoms with Crippen LogP contribution in [0.5, 0.6) is 0 Å². The lowest BCUT2D eigenvalue weighted by molar-refractivity contribution is -0.143. The third kappa shape index (κ3) is 3.73. The Morgan fingerprint density at radius 3 is 2.70 bits per heavy atom. The molecule has 1 aromatic carbocycles. The van der Waals surface area contributed by atoms with E-state index >= 15 is 0 Å². The number of benzene rings is 1. The summed E-state index contributed by atoms with van der Waals surface area (Å²) in [6.45, 7) is 0.789. The van der Waals surface area contributed by atoms with Crippen molar-refractivity contribution in [2.75, 3.05) is 11.9 Å². The van der Waals surface area contributed by atoms with Crippen LogP contribution in [0.2, 0.25) is 0 Å². The maximum absolute atomic E-state index is 10.9. The van der Waals surface area contributed by atoms with Crippen LogP contribution in [0.3, 0.4) is 0 Å². The minimum absolute atomic E-state index is 0.174. The van der Waals surface area contributed by atoms with E-state index in [1.165, 1.54) is 0 Å². The molecule has 0 atom stereocenters. The number of anilines is 1. The summed E-state index contributed by atoms with van der Waals surface area (Å²) in [5, 5.41) is 21.4. The van der Waals surface area contributed by atoms with Crippen molar-refractivity contribution in [3.8, 4) is 6.07 Å². The minimum atomic E-state index is -0.671. The predicted molar refractivity (Wildman–Crippen MR) is 80.4 cm³/mol. The number of rotatable bonds is 4. The van der Waals surface area contributed by atoms with Crippen LogP contribution < -0.4 is 5.32 Å². The van der Waals surface area contributed by atoms with E-state index in [1.807, 2.05) is 12.1 Å². The summed E-state index contributed by atoms with van der Waals surface area (Å²) in [7, 11) is 0.